The highest BCUT2D eigenvalue weighted by Crippen LogP contribution is 2.15. The first-order chi connectivity index (χ1) is 16.3. The van der Waals surface area contributed by atoms with Crippen molar-refractivity contribution in [3.05, 3.63) is 113 Å². The van der Waals surface area contributed by atoms with Gasteiger partial charge >= 0.3 is 5.97 Å². The number of nitrogens with zero attached hydrogens (tertiary/aromatic N) is 1. The minimum Gasteiger partial charge on any atom is -0.459 e. The van der Waals surface area contributed by atoms with Crippen molar-refractivity contribution in [3.8, 4) is 11.8 Å². The molecule has 0 fully saturated rings. The van der Waals surface area contributed by atoms with Crippen molar-refractivity contribution in [2.45, 2.75) is 32.8 Å². The molecular weight excluding hydrogens is 418 g/mol. The van der Waals surface area contributed by atoms with Gasteiger partial charge in [-0.2, -0.15) is 0 Å². The molecule has 0 radical (unpaired) electrons. The first-order valence-electron chi connectivity index (χ1n) is 11.6. The molecule has 174 valence electrons. The first kappa shape index (κ1) is 25.0. The van der Waals surface area contributed by atoms with Crippen molar-refractivity contribution in [3.63, 3.8) is 0 Å². The van der Waals surface area contributed by atoms with Crippen LogP contribution in [0.4, 0.5) is 0 Å². The first-order valence-corrected chi connectivity index (χ1v) is 11.6. The van der Waals surface area contributed by atoms with Gasteiger partial charge in [0.15, 0.2) is 0 Å². The molecule has 0 spiro atoms. The van der Waals surface area contributed by atoms with E-state index in [1.54, 1.807) is 0 Å². The minimum absolute atomic E-state index is 0.228. The van der Waals surface area contributed by atoms with Crippen molar-refractivity contribution >= 4 is 11.5 Å². The fourth-order valence-corrected chi connectivity index (χ4v) is 3.44. The number of hydrogen-bond acceptors (Lipinski definition) is 3. The number of likely N-dealkylation sites (N-methyl/N-ethyl adjacent to an activating group) is 1. The van der Waals surface area contributed by atoms with E-state index in [0.29, 0.717) is 6.54 Å². The molecule has 0 bridgehead atoms. The van der Waals surface area contributed by atoms with Gasteiger partial charge < -0.3 is 4.74 Å². The van der Waals surface area contributed by atoms with Crippen molar-refractivity contribution in [1.29, 1.82) is 0 Å². The summed E-state index contributed by atoms with van der Waals surface area (Å²) in [5.41, 5.74) is 5.04. The van der Waals surface area contributed by atoms with Crippen molar-refractivity contribution in [2.24, 2.45) is 0 Å². The number of carbonyl (C=O) groups is 1. The van der Waals surface area contributed by atoms with Crippen LogP contribution < -0.4 is 0 Å². The molecule has 0 atom stereocenters. The lowest BCUT2D eigenvalue weighted by Gasteiger charge is -2.22. The molecule has 0 aliphatic carbocycles. The summed E-state index contributed by atoms with van der Waals surface area (Å²) in [6, 6.07) is 29.0. The third kappa shape index (κ3) is 8.73. The molecule has 0 unspecified atom stereocenters. The van der Waals surface area contributed by atoms with Crippen LogP contribution in [0.1, 0.15) is 43.0 Å². The number of allylic oxidation sites excluding steroid dienone is 1. The van der Waals surface area contributed by atoms with Gasteiger partial charge in [-0.15, -0.1) is 0 Å². The lowest BCUT2D eigenvalue weighted by molar-refractivity contribution is -0.155. The summed E-state index contributed by atoms with van der Waals surface area (Å²) in [5, 5.41) is 0. The zero-order valence-corrected chi connectivity index (χ0v) is 20.5. The highest BCUT2D eigenvalue weighted by Gasteiger charge is 2.17. The maximum atomic E-state index is 12.1. The summed E-state index contributed by atoms with van der Waals surface area (Å²) in [5.74, 6) is 6.41. The van der Waals surface area contributed by atoms with Gasteiger partial charge in [0.1, 0.15) is 5.60 Å². The topological polar surface area (TPSA) is 29.5 Å². The molecule has 0 saturated carbocycles. The summed E-state index contributed by atoms with van der Waals surface area (Å²) in [4.78, 5) is 14.1. The normalized spacial score (nSPS) is 11.6. The Balaban J connectivity index is 1.70. The standard InChI is InChI=1S/C31H33NO2/c1-31(2,3)34-30(33)24-32(4)22-21-29(28-13-9-6-10-14-28)20-19-25-15-17-27(18-16-25)23-26-11-7-5-8-12-26/h5-18,21H,22-24H2,1-4H3. The molecule has 3 nitrogen and oxygen atoms in total. The van der Waals surface area contributed by atoms with E-state index in [1.165, 1.54) is 11.1 Å². The van der Waals surface area contributed by atoms with Gasteiger partial charge in [-0.25, -0.2) is 0 Å². The molecule has 0 aliphatic rings. The Bertz CT molecular complexity index is 1150. The highest BCUT2D eigenvalue weighted by molar-refractivity contribution is 5.80. The van der Waals surface area contributed by atoms with Crippen LogP contribution in [0.25, 0.3) is 5.57 Å². The van der Waals surface area contributed by atoms with Gasteiger partial charge in [-0.05, 0) is 63.1 Å². The molecule has 0 aromatic heterocycles. The second kappa shape index (κ2) is 12.0. The van der Waals surface area contributed by atoms with Gasteiger partial charge in [0.2, 0.25) is 0 Å². The highest BCUT2D eigenvalue weighted by atomic mass is 16.6. The van der Waals surface area contributed by atoms with Crippen LogP contribution in [-0.2, 0) is 16.0 Å². The van der Waals surface area contributed by atoms with Crippen molar-refractivity contribution < 1.29 is 9.53 Å². The van der Waals surface area contributed by atoms with E-state index in [-0.39, 0.29) is 12.5 Å². The fraction of sp³-hybridized carbons (Fsp3) is 0.258. The zero-order chi connectivity index (χ0) is 24.4. The third-order valence-electron chi connectivity index (χ3n) is 5.06. The lowest BCUT2D eigenvalue weighted by atomic mass is 10.0. The molecule has 0 aliphatic heterocycles. The van der Waals surface area contributed by atoms with Crippen LogP contribution >= 0.6 is 0 Å². The average molecular weight is 452 g/mol. The molecule has 0 N–H and O–H groups in total. The maximum Gasteiger partial charge on any atom is 0.320 e. The fourth-order valence-electron chi connectivity index (χ4n) is 3.44. The summed E-state index contributed by atoms with van der Waals surface area (Å²) < 4.78 is 5.42. The van der Waals surface area contributed by atoms with E-state index in [1.807, 2.05) is 57.0 Å². The summed E-state index contributed by atoms with van der Waals surface area (Å²) in [7, 11) is 1.90. The Morgan fingerprint density at radius 3 is 2.09 bits per heavy atom. The largest absolute Gasteiger partial charge is 0.459 e. The molecule has 0 amide bonds. The van der Waals surface area contributed by atoms with Gasteiger partial charge in [0.25, 0.3) is 0 Å². The lowest BCUT2D eigenvalue weighted by Crippen LogP contribution is -2.32. The van der Waals surface area contributed by atoms with E-state index in [9.17, 15) is 4.79 Å². The van der Waals surface area contributed by atoms with Crippen LogP contribution in [0.2, 0.25) is 0 Å². The Kier molecular flexibility index (Phi) is 8.85. The summed E-state index contributed by atoms with van der Waals surface area (Å²) in [6.07, 6.45) is 2.98. The number of benzene rings is 3. The summed E-state index contributed by atoms with van der Waals surface area (Å²) >= 11 is 0. The van der Waals surface area contributed by atoms with Gasteiger partial charge in [0.05, 0.1) is 6.54 Å². The van der Waals surface area contributed by atoms with Crippen LogP contribution in [0.15, 0.2) is 91.0 Å². The van der Waals surface area contributed by atoms with Crippen LogP contribution in [0.3, 0.4) is 0 Å². The quantitative estimate of drug-likeness (QED) is 0.327. The van der Waals surface area contributed by atoms with Gasteiger partial charge in [-0.1, -0.05) is 90.7 Å². The van der Waals surface area contributed by atoms with E-state index in [0.717, 1.165) is 23.1 Å². The molecule has 0 saturated heterocycles. The molecular formula is C31H33NO2. The van der Waals surface area contributed by atoms with E-state index < -0.39 is 5.60 Å². The number of hydrogen-bond donors (Lipinski definition) is 0. The third-order valence-corrected chi connectivity index (χ3v) is 5.06. The Labute approximate surface area is 204 Å². The number of ether oxygens (including phenoxy) is 1. The van der Waals surface area contributed by atoms with Crippen LogP contribution in [-0.4, -0.2) is 36.6 Å². The smallest absolute Gasteiger partial charge is 0.320 e. The Morgan fingerprint density at radius 2 is 1.47 bits per heavy atom. The molecule has 3 aromatic carbocycles. The molecule has 3 rings (SSSR count). The zero-order valence-electron chi connectivity index (χ0n) is 20.5. The molecule has 0 heterocycles. The average Bonchev–Trinajstić information content (AvgIpc) is 2.80. The number of carbonyl (C=O) groups excluding carboxylic acids is 1. The van der Waals surface area contributed by atoms with Crippen molar-refractivity contribution in [1.82, 2.24) is 4.90 Å². The van der Waals surface area contributed by atoms with Gasteiger partial charge in [-0.3, -0.25) is 9.69 Å². The minimum atomic E-state index is -0.481. The second-order valence-corrected chi connectivity index (χ2v) is 9.38. The monoisotopic (exact) mass is 451 g/mol. The van der Waals surface area contributed by atoms with E-state index >= 15 is 0 Å². The predicted octanol–water partition coefficient (Wildman–Crippen LogP) is 5.99. The van der Waals surface area contributed by atoms with E-state index in [4.69, 9.17) is 4.74 Å². The molecule has 34 heavy (non-hydrogen) atoms. The van der Waals surface area contributed by atoms with Gasteiger partial charge in [0, 0.05) is 17.7 Å². The van der Waals surface area contributed by atoms with Crippen molar-refractivity contribution in [2.75, 3.05) is 20.1 Å². The Hall–Kier alpha value is -3.61. The number of esters is 1. The Morgan fingerprint density at radius 1 is 0.882 bits per heavy atom. The number of rotatable bonds is 7. The molecule has 3 heteroatoms. The van der Waals surface area contributed by atoms with Crippen LogP contribution in [0, 0.1) is 11.8 Å². The molecule has 3 aromatic rings. The van der Waals surface area contributed by atoms with Crippen LogP contribution in [0.5, 0.6) is 0 Å². The SMILES string of the molecule is CN(CC=C(C#Cc1ccc(Cc2ccccc2)cc1)c1ccccc1)CC(=O)OC(C)(C)C. The predicted molar refractivity (Wildman–Crippen MR) is 140 cm³/mol. The summed E-state index contributed by atoms with van der Waals surface area (Å²) in [6.45, 7) is 6.45. The van der Waals surface area contributed by atoms with E-state index in [2.05, 4.69) is 78.6 Å². The second-order valence-electron chi connectivity index (χ2n) is 9.38. The maximum absolute atomic E-state index is 12.1.